The normalized spacial score (nSPS) is 7.00. The topological polar surface area (TPSA) is 26.0 Å². The van der Waals surface area contributed by atoms with Crippen molar-refractivity contribution in [1.82, 2.24) is 0 Å². The highest BCUT2D eigenvalue weighted by Crippen LogP contribution is 1.87. The summed E-state index contributed by atoms with van der Waals surface area (Å²) in [5.74, 6) is 0.648. The molecule has 0 atom stereocenters. The monoisotopic (exact) mass is 101 g/mol. The van der Waals surface area contributed by atoms with Gasteiger partial charge in [-0.25, -0.2) is 0 Å². The van der Waals surface area contributed by atoms with Gasteiger partial charge in [-0.2, -0.15) is 0 Å². The lowest BCUT2D eigenvalue weighted by Crippen LogP contribution is -1.71. The second-order valence-corrected chi connectivity index (χ2v) is 1.48. The van der Waals surface area contributed by atoms with Gasteiger partial charge in [0.1, 0.15) is 0 Å². The van der Waals surface area contributed by atoms with Gasteiger partial charge in [0.2, 0.25) is 0 Å². The Morgan fingerprint density at radius 1 is 1.43 bits per heavy atom. The second-order valence-electron chi connectivity index (χ2n) is 1.48. The molecule has 0 fully saturated rings. The minimum atomic E-state index is 0.648. The first kappa shape index (κ1) is 9.85. The molecule has 0 saturated carbocycles. The van der Waals surface area contributed by atoms with E-state index in [4.69, 9.17) is 0 Å². The van der Waals surface area contributed by atoms with E-state index in [0.717, 1.165) is 0 Å². The van der Waals surface area contributed by atoms with Crippen LogP contribution in [-0.2, 0) is 0 Å². The van der Waals surface area contributed by atoms with Crippen LogP contribution in [0.1, 0.15) is 13.8 Å². The maximum atomic E-state index is 4.50. The van der Waals surface area contributed by atoms with Gasteiger partial charge in [0.15, 0.2) is 0 Å². The molecule has 0 amide bonds. The van der Waals surface area contributed by atoms with E-state index in [1.54, 1.807) is 0 Å². The molecule has 0 aromatic rings. The molecule has 7 heavy (non-hydrogen) atoms. The van der Waals surface area contributed by atoms with Crippen LogP contribution in [-0.4, -0.2) is 7.05 Å². The van der Waals surface area contributed by atoms with Gasteiger partial charge in [0.05, 0.1) is 0 Å². The first-order valence-corrected chi connectivity index (χ1v) is 2.47. The second kappa shape index (κ2) is 9.20. The molecule has 0 spiro atoms. The van der Waals surface area contributed by atoms with Crippen molar-refractivity contribution in [3.05, 3.63) is 12.7 Å². The molecule has 0 unspecified atom stereocenters. The van der Waals surface area contributed by atoms with Crippen LogP contribution in [0, 0.1) is 5.92 Å². The Morgan fingerprint density at radius 2 is 1.57 bits per heavy atom. The zero-order valence-corrected chi connectivity index (χ0v) is 5.44. The standard InChI is InChI=1S/C5H10.CH5N/c1-4-5(2)3;1-2/h4-5H,1H2,2-3H3;2H2,1H3. The van der Waals surface area contributed by atoms with Crippen molar-refractivity contribution in [2.75, 3.05) is 7.05 Å². The lowest BCUT2D eigenvalue weighted by atomic mass is 10.2. The molecule has 0 aromatic carbocycles. The molecule has 44 valence electrons. The SMILES string of the molecule is C=CC(C)C.CN. The van der Waals surface area contributed by atoms with Gasteiger partial charge in [-0.1, -0.05) is 19.9 Å². The molecule has 0 heterocycles. The highest BCUT2D eigenvalue weighted by atomic mass is 14.4. The highest BCUT2D eigenvalue weighted by molar-refractivity contribution is 4.69. The summed E-state index contributed by atoms with van der Waals surface area (Å²) in [6.45, 7) is 7.77. The third kappa shape index (κ3) is 27.0. The highest BCUT2D eigenvalue weighted by Gasteiger charge is 1.73. The third-order valence-corrected chi connectivity index (χ3v) is 0.471. The predicted molar refractivity (Wildman–Crippen MR) is 35.1 cm³/mol. The largest absolute Gasteiger partial charge is 0.333 e. The fourth-order valence-corrected chi connectivity index (χ4v) is 0. The Balaban J connectivity index is 0. The Morgan fingerprint density at radius 3 is 1.57 bits per heavy atom. The summed E-state index contributed by atoms with van der Waals surface area (Å²) >= 11 is 0. The summed E-state index contributed by atoms with van der Waals surface area (Å²) in [5.41, 5.74) is 4.50. The number of hydrogen-bond donors (Lipinski definition) is 1. The van der Waals surface area contributed by atoms with Gasteiger partial charge in [0.25, 0.3) is 0 Å². The molecule has 0 rings (SSSR count). The van der Waals surface area contributed by atoms with E-state index in [1.165, 1.54) is 7.05 Å². The van der Waals surface area contributed by atoms with E-state index < -0.39 is 0 Å². The van der Waals surface area contributed by atoms with Crippen molar-refractivity contribution in [1.29, 1.82) is 0 Å². The molecule has 0 saturated heterocycles. The lowest BCUT2D eigenvalue weighted by Gasteiger charge is -1.84. The van der Waals surface area contributed by atoms with Crippen molar-refractivity contribution < 1.29 is 0 Å². The van der Waals surface area contributed by atoms with Crippen molar-refractivity contribution in [3.63, 3.8) is 0 Å². The van der Waals surface area contributed by atoms with Crippen molar-refractivity contribution in [2.24, 2.45) is 11.7 Å². The van der Waals surface area contributed by atoms with Gasteiger partial charge < -0.3 is 5.73 Å². The van der Waals surface area contributed by atoms with Crippen LogP contribution in [0.3, 0.4) is 0 Å². The smallest absolute Gasteiger partial charge is 0.0195 e. The average Bonchev–Trinajstić information content (AvgIpc) is 1.73. The van der Waals surface area contributed by atoms with Gasteiger partial charge in [-0.15, -0.1) is 6.58 Å². The molecule has 1 heteroatoms. The minimum absolute atomic E-state index is 0.648. The number of nitrogens with two attached hydrogens (primary N) is 1. The zero-order chi connectivity index (χ0) is 6.28. The van der Waals surface area contributed by atoms with E-state index in [2.05, 4.69) is 26.2 Å². The Bertz CT molecular complexity index is 31.2. The van der Waals surface area contributed by atoms with Gasteiger partial charge in [0, 0.05) is 0 Å². The summed E-state index contributed by atoms with van der Waals surface area (Å²) in [7, 11) is 1.50. The van der Waals surface area contributed by atoms with Crippen LogP contribution < -0.4 is 5.73 Å². The van der Waals surface area contributed by atoms with Gasteiger partial charge >= 0.3 is 0 Å². The van der Waals surface area contributed by atoms with E-state index >= 15 is 0 Å². The van der Waals surface area contributed by atoms with Gasteiger partial charge in [-0.05, 0) is 13.0 Å². The average molecular weight is 101 g/mol. The maximum Gasteiger partial charge on any atom is -0.0195 e. The van der Waals surface area contributed by atoms with Gasteiger partial charge in [-0.3, -0.25) is 0 Å². The molecule has 0 radical (unpaired) electrons. The number of hydrogen-bond acceptors (Lipinski definition) is 1. The first-order chi connectivity index (χ1) is 3.27. The first-order valence-electron chi connectivity index (χ1n) is 2.47. The van der Waals surface area contributed by atoms with Crippen LogP contribution in [0.4, 0.5) is 0 Å². The molecular formula is C6H15N. The molecule has 0 aliphatic rings. The van der Waals surface area contributed by atoms with E-state index in [0.29, 0.717) is 5.92 Å². The van der Waals surface area contributed by atoms with Crippen molar-refractivity contribution >= 4 is 0 Å². The van der Waals surface area contributed by atoms with Crippen LogP contribution in [0.2, 0.25) is 0 Å². The fraction of sp³-hybridized carbons (Fsp3) is 0.667. The minimum Gasteiger partial charge on any atom is -0.333 e. The predicted octanol–water partition coefficient (Wildman–Crippen LogP) is 1.40. The molecule has 0 aliphatic carbocycles. The lowest BCUT2D eigenvalue weighted by molar-refractivity contribution is 0.835. The summed E-state index contributed by atoms with van der Waals surface area (Å²) in [6.07, 6.45) is 1.92. The Hall–Kier alpha value is -0.300. The summed E-state index contributed by atoms with van der Waals surface area (Å²) in [4.78, 5) is 0. The van der Waals surface area contributed by atoms with E-state index in [-0.39, 0.29) is 0 Å². The van der Waals surface area contributed by atoms with Crippen LogP contribution in [0.5, 0.6) is 0 Å². The molecule has 0 aromatic heterocycles. The zero-order valence-electron chi connectivity index (χ0n) is 5.44. The maximum absolute atomic E-state index is 4.50. The molecule has 1 nitrogen and oxygen atoms in total. The van der Waals surface area contributed by atoms with Crippen molar-refractivity contribution in [2.45, 2.75) is 13.8 Å². The Kier molecular flexibility index (Phi) is 12.9. The summed E-state index contributed by atoms with van der Waals surface area (Å²) in [5, 5.41) is 0. The van der Waals surface area contributed by atoms with Crippen LogP contribution in [0.25, 0.3) is 0 Å². The quantitative estimate of drug-likeness (QED) is 0.496. The number of allylic oxidation sites excluding steroid dienone is 1. The molecule has 0 bridgehead atoms. The van der Waals surface area contributed by atoms with E-state index in [9.17, 15) is 0 Å². The number of rotatable bonds is 1. The summed E-state index contributed by atoms with van der Waals surface area (Å²) < 4.78 is 0. The van der Waals surface area contributed by atoms with E-state index in [1.807, 2.05) is 6.08 Å². The fourth-order valence-electron chi connectivity index (χ4n) is 0. The third-order valence-electron chi connectivity index (χ3n) is 0.471. The van der Waals surface area contributed by atoms with Crippen LogP contribution in [0.15, 0.2) is 12.7 Å². The molecule has 0 aliphatic heterocycles. The van der Waals surface area contributed by atoms with Crippen LogP contribution >= 0.6 is 0 Å². The van der Waals surface area contributed by atoms with Crippen molar-refractivity contribution in [3.8, 4) is 0 Å². The summed E-state index contributed by atoms with van der Waals surface area (Å²) in [6, 6.07) is 0. The molecular weight excluding hydrogens is 86.1 g/mol. The molecule has 2 N–H and O–H groups in total. The Labute approximate surface area is 46.2 Å².